The average molecular weight is 349 g/mol. The van der Waals surface area contributed by atoms with Gasteiger partial charge in [-0.05, 0) is 29.0 Å². The smallest absolute Gasteiger partial charge is 0.239 e. The molecule has 1 aromatic heterocycles. The minimum absolute atomic E-state index is 0.108. The van der Waals surface area contributed by atoms with Crippen molar-refractivity contribution in [3.8, 4) is 0 Å². The quantitative estimate of drug-likeness (QED) is 0.830. The van der Waals surface area contributed by atoms with Crippen LogP contribution < -0.4 is 4.72 Å². The first-order valence-electron chi connectivity index (χ1n) is 7.85. The molecule has 0 radical (unpaired) electrons. The summed E-state index contributed by atoms with van der Waals surface area (Å²) in [4.78, 5) is 11.9. The molecule has 0 unspecified atom stereocenters. The van der Waals surface area contributed by atoms with E-state index in [1.807, 2.05) is 12.1 Å². The van der Waals surface area contributed by atoms with Crippen molar-refractivity contribution < 1.29 is 13.2 Å². The lowest BCUT2D eigenvalue weighted by Crippen LogP contribution is -2.31. The summed E-state index contributed by atoms with van der Waals surface area (Å²) in [5, 5.41) is 4.01. The Hall–Kier alpha value is -2.15. The largest absolute Gasteiger partial charge is 0.276 e. The number of nitrogens with zero attached hydrogens (tertiary/aromatic N) is 2. The number of benzene rings is 1. The van der Waals surface area contributed by atoms with E-state index in [0.717, 1.165) is 11.1 Å². The molecule has 24 heavy (non-hydrogen) atoms. The molecule has 130 valence electrons. The summed E-state index contributed by atoms with van der Waals surface area (Å²) in [5.74, 6) is -0.315. The Morgan fingerprint density at radius 1 is 1.21 bits per heavy atom. The topological polar surface area (TPSA) is 81.1 Å². The van der Waals surface area contributed by atoms with Crippen LogP contribution in [0.25, 0.3) is 0 Å². The molecule has 2 rings (SSSR count). The molecule has 6 nitrogen and oxygen atoms in total. The number of rotatable bonds is 7. The predicted octanol–water partition coefficient (Wildman–Crippen LogP) is 2.12. The van der Waals surface area contributed by atoms with Gasteiger partial charge in [-0.25, -0.2) is 8.42 Å². The normalized spacial score (nSPS) is 11.7. The van der Waals surface area contributed by atoms with E-state index in [2.05, 4.69) is 23.7 Å². The van der Waals surface area contributed by atoms with E-state index < -0.39 is 15.9 Å². The van der Waals surface area contributed by atoms with Gasteiger partial charge in [0.1, 0.15) is 0 Å². The van der Waals surface area contributed by atoms with Crippen LogP contribution in [-0.4, -0.2) is 24.1 Å². The predicted molar refractivity (Wildman–Crippen MR) is 92.8 cm³/mol. The number of carbonyl (C=O) groups is 1. The van der Waals surface area contributed by atoms with Crippen LogP contribution in [0.3, 0.4) is 0 Å². The van der Waals surface area contributed by atoms with Crippen molar-refractivity contribution >= 4 is 15.9 Å². The summed E-state index contributed by atoms with van der Waals surface area (Å²) in [6, 6.07) is 7.41. The minimum atomic E-state index is -3.69. The second-order valence-electron chi connectivity index (χ2n) is 6.20. The van der Waals surface area contributed by atoms with Crippen LogP contribution in [0.5, 0.6) is 0 Å². The number of hydrogen-bond donors (Lipinski definition) is 1. The fourth-order valence-corrected chi connectivity index (χ4v) is 3.49. The molecule has 1 aromatic carbocycles. The lowest BCUT2D eigenvalue weighted by molar-refractivity contribution is -0.119. The number of carbonyl (C=O) groups excluding carboxylic acids is 1. The highest BCUT2D eigenvalue weighted by atomic mass is 32.2. The summed E-state index contributed by atoms with van der Waals surface area (Å²) >= 11 is 0. The van der Waals surface area contributed by atoms with Gasteiger partial charge in [0.05, 0.1) is 11.9 Å². The first-order valence-corrected chi connectivity index (χ1v) is 9.50. The molecule has 0 fully saturated rings. The lowest BCUT2D eigenvalue weighted by Gasteiger charge is -2.09. The number of sulfonamides is 1. The fraction of sp³-hybridized carbons (Fsp3) is 0.412. The van der Waals surface area contributed by atoms with Crippen molar-refractivity contribution in [2.75, 3.05) is 0 Å². The van der Waals surface area contributed by atoms with Crippen molar-refractivity contribution in [1.82, 2.24) is 14.5 Å². The monoisotopic (exact) mass is 349 g/mol. The van der Waals surface area contributed by atoms with Crippen molar-refractivity contribution in [2.45, 2.75) is 38.4 Å². The second kappa shape index (κ2) is 7.61. The molecule has 1 amide bonds. The van der Waals surface area contributed by atoms with Crippen LogP contribution in [0.4, 0.5) is 0 Å². The molecule has 0 saturated carbocycles. The van der Waals surface area contributed by atoms with E-state index in [0.29, 0.717) is 17.9 Å². The average Bonchev–Trinajstić information content (AvgIpc) is 2.90. The van der Waals surface area contributed by atoms with Gasteiger partial charge in [-0.3, -0.25) is 14.2 Å². The Bertz CT molecular complexity index is 793. The molecule has 0 saturated heterocycles. The molecular weight excluding hydrogens is 326 g/mol. The maximum atomic E-state index is 12.1. The summed E-state index contributed by atoms with van der Waals surface area (Å²) < 4.78 is 28.0. The zero-order valence-electron chi connectivity index (χ0n) is 14.2. The summed E-state index contributed by atoms with van der Waals surface area (Å²) in [7, 11) is -1.90. The van der Waals surface area contributed by atoms with Crippen LogP contribution in [-0.2, 0) is 34.0 Å². The van der Waals surface area contributed by atoms with Crippen LogP contribution >= 0.6 is 0 Å². The van der Waals surface area contributed by atoms with Gasteiger partial charge < -0.3 is 0 Å². The SMILES string of the molecule is CC(C)c1ccc(CS(=O)(=O)NC(=O)CCc2cnn(C)c2)cc1. The van der Waals surface area contributed by atoms with E-state index in [1.165, 1.54) is 0 Å². The second-order valence-corrected chi connectivity index (χ2v) is 7.93. The Kier molecular flexibility index (Phi) is 5.77. The first kappa shape index (κ1) is 18.2. The third-order valence-corrected chi connectivity index (χ3v) is 4.92. The van der Waals surface area contributed by atoms with Crippen molar-refractivity contribution in [3.63, 3.8) is 0 Å². The van der Waals surface area contributed by atoms with Gasteiger partial charge in [0.25, 0.3) is 0 Å². The molecule has 2 aromatic rings. The van der Waals surface area contributed by atoms with E-state index in [-0.39, 0.29) is 12.2 Å². The zero-order chi connectivity index (χ0) is 17.7. The number of aryl methyl sites for hydroxylation is 2. The van der Waals surface area contributed by atoms with E-state index in [4.69, 9.17) is 0 Å². The van der Waals surface area contributed by atoms with Crippen LogP contribution in [0.1, 0.15) is 42.9 Å². The van der Waals surface area contributed by atoms with Gasteiger partial charge in [-0.2, -0.15) is 5.10 Å². The summed E-state index contributed by atoms with van der Waals surface area (Å²) in [6.07, 6.45) is 4.03. The van der Waals surface area contributed by atoms with Gasteiger partial charge in [0, 0.05) is 19.7 Å². The van der Waals surface area contributed by atoms with Crippen molar-refractivity contribution in [2.24, 2.45) is 7.05 Å². The van der Waals surface area contributed by atoms with E-state index in [1.54, 1.807) is 36.3 Å². The summed E-state index contributed by atoms with van der Waals surface area (Å²) in [5.41, 5.74) is 2.71. The Balaban J connectivity index is 1.89. The number of amides is 1. The molecule has 0 aliphatic rings. The number of aromatic nitrogens is 2. The van der Waals surface area contributed by atoms with Crippen LogP contribution in [0.15, 0.2) is 36.7 Å². The standard InChI is InChI=1S/C17H23N3O3S/c1-13(2)16-7-4-14(5-8-16)12-24(22,23)19-17(21)9-6-15-10-18-20(3)11-15/h4-5,7-8,10-11,13H,6,9,12H2,1-3H3,(H,19,21). The van der Waals surface area contributed by atoms with Gasteiger partial charge in [0.2, 0.25) is 15.9 Å². The molecule has 1 N–H and O–H groups in total. The highest BCUT2D eigenvalue weighted by molar-refractivity contribution is 7.89. The fourth-order valence-electron chi connectivity index (χ4n) is 2.34. The molecular formula is C17H23N3O3S. The van der Waals surface area contributed by atoms with Crippen LogP contribution in [0.2, 0.25) is 0 Å². The Labute approximate surface area is 142 Å². The molecule has 0 aliphatic heterocycles. The maximum Gasteiger partial charge on any atom is 0.239 e. The minimum Gasteiger partial charge on any atom is -0.276 e. The number of hydrogen-bond acceptors (Lipinski definition) is 4. The lowest BCUT2D eigenvalue weighted by atomic mass is 10.0. The zero-order valence-corrected chi connectivity index (χ0v) is 15.0. The third-order valence-electron chi connectivity index (χ3n) is 3.67. The van der Waals surface area contributed by atoms with Gasteiger partial charge in [-0.1, -0.05) is 38.1 Å². The highest BCUT2D eigenvalue weighted by Crippen LogP contribution is 2.15. The molecule has 0 atom stereocenters. The molecule has 0 spiro atoms. The van der Waals surface area contributed by atoms with Crippen molar-refractivity contribution in [1.29, 1.82) is 0 Å². The van der Waals surface area contributed by atoms with E-state index >= 15 is 0 Å². The van der Waals surface area contributed by atoms with Gasteiger partial charge in [-0.15, -0.1) is 0 Å². The van der Waals surface area contributed by atoms with Crippen LogP contribution in [0, 0.1) is 0 Å². The van der Waals surface area contributed by atoms with Gasteiger partial charge >= 0.3 is 0 Å². The highest BCUT2D eigenvalue weighted by Gasteiger charge is 2.16. The number of nitrogens with one attached hydrogen (secondary N) is 1. The molecule has 0 aliphatic carbocycles. The Morgan fingerprint density at radius 2 is 1.88 bits per heavy atom. The molecule has 1 heterocycles. The Morgan fingerprint density at radius 3 is 2.42 bits per heavy atom. The van der Waals surface area contributed by atoms with Crippen molar-refractivity contribution in [3.05, 3.63) is 53.3 Å². The maximum absolute atomic E-state index is 12.1. The first-order chi connectivity index (χ1) is 11.2. The third kappa shape index (κ3) is 5.49. The van der Waals surface area contributed by atoms with E-state index in [9.17, 15) is 13.2 Å². The molecule has 7 heteroatoms. The summed E-state index contributed by atoms with van der Waals surface area (Å²) in [6.45, 7) is 4.16. The van der Waals surface area contributed by atoms with Gasteiger partial charge in [0.15, 0.2) is 0 Å². The molecule has 0 bridgehead atoms.